The van der Waals surface area contributed by atoms with E-state index in [4.69, 9.17) is 0 Å². The molecule has 0 amide bonds. The summed E-state index contributed by atoms with van der Waals surface area (Å²) in [7, 11) is 0. The molecule has 1 nitrogen and oxygen atoms in total. The molecule has 0 aromatic rings. The van der Waals surface area contributed by atoms with Crippen LogP contribution in [0.4, 0.5) is 0 Å². The standard InChI is InChI=1S/C14H27N.C3H8/c1-4-15-9-7-14(8-10-15)6-5-13(11-14)12(2)3;1-3-2/h12-13H,4-11H2,1-3H3;3H2,1-2H3. The molecule has 1 saturated heterocycles. The summed E-state index contributed by atoms with van der Waals surface area (Å²) in [6.45, 7) is 15.3. The third kappa shape index (κ3) is 4.26. The van der Waals surface area contributed by atoms with E-state index in [0.29, 0.717) is 0 Å². The van der Waals surface area contributed by atoms with Crippen molar-refractivity contribution in [1.29, 1.82) is 0 Å². The maximum Gasteiger partial charge on any atom is -0.00135 e. The average molecular weight is 253 g/mol. The smallest absolute Gasteiger partial charge is 0.00135 e. The van der Waals surface area contributed by atoms with E-state index in [1.807, 2.05) is 0 Å². The van der Waals surface area contributed by atoms with Crippen molar-refractivity contribution in [2.75, 3.05) is 19.6 Å². The van der Waals surface area contributed by atoms with Gasteiger partial charge in [-0.15, -0.1) is 0 Å². The van der Waals surface area contributed by atoms with Crippen LogP contribution < -0.4 is 0 Å². The molecule has 0 N–H and O–H groups in total. The van der Waals surface area contributed by atoms with Gasteiger partial charge >= 0.3 is 0 Å². The zero-order valence-corrected chi connectivity index (χ0v) is 13.5. The van der Waals surface area contributed by atoms with Crippen LogP contribution in [-0.4, -0.2) is 24.5 Å². The third-order valence-corrected chi connectivity index (χ3v) is 5.05. The second kappa shape index (κ2) is 7.53. The molecule has 2 aliphatic rings. The predicted octanol–water partition coefficient (Wildman–Crippen LogP) is 4.96. The van der Waals surface area contributed by atoms with Crippen LogP contribution >= 0.6 is 0 Å². The fourth-order valence-corrected chi connectivity index (χ4v) is 3.62. The maximum atomic E-state index is 2.62. The summed E-state index contributed by atoms with van der Waals surface area (Å²) in [5.74, 6) is 1.94. The van der Waals surface area contributed by atoms with E-state index in [2.05, 4.69) is 39.5 Å². The molecule has 18 heavy (non-hydrogen) atoms. The van der Waals surface area contributed by atoms with Gasteiger partial charge in [-0.05, 0) is 69.0 Å². The SMILES string of the molecule is CCC.CCN1CCC2(CCC(C(C)C)C2)CC1. The molecule has 1 heteroatoms. The molecule has 108 valence electrons. The Bertz CT molecular complexity index is 214. The van der Waals surface area contributed by atoms with Crippen molar-refractivity contribution in [2.24, 2.45) is 17.3 Å². The Labute approximate surface area is 115 Å². The van der Waals surface area contributed by atoms with Crippen LogP contribution in [0.15, 0.2) is 0 Å². The van der Waals surface area contributed by atoms with Gasteiger partial charge < -0.3 is 4.90 Å². The molecule has 2 fully saturated rings. The van der Waals surface area contributed by atoms with E-state index in [9.17, 15) is 0 Å². The molecule has 0 aromatic heterocycles. The molecule has 1 saturated carbocycles. The van der Waals surface area contributed by atoms with Gasteiger partial charge in [0.15, 0.2) is 0 Å². The van der Waals surface area contributed by atoms with Crippen molar-refractivity contribution in [1.82, 2.24) is 4.90 Å². The minimum atomic E-state index is 0.764. The normalized spacial score (nSPS) is 27.3. The fourth-order valence-electron chi connectivity index (χ4n) is 3.62. The molecule has 1 unspecified atom stereocenters. The van der Waals surface area contributed by atoms with Gasteiger partial charge in [0.05, 0.1) is 0 Å². The Morgan fingerprint density at radius 1 is 1.06 bits per heavy atom. The van der Waals surface area contributed by atoms with Crippen molar-refractivity contribution >= 4 is 0 Å². The van der Waals surface area contributed by atoms with E-state index in [-0.39, 0.29) is 0 Å². The lowest BCUT2D eigenvalue weighted by Gasteiger charge is -2.39. The van der Waals surface area contributed by atoms with Crippen LogP contribution in [0.5, 0.6) is 0 Å². The van der Waals surface area contributed by atoms with E-state index in [1.54, 1.807) is 0 Å². The summed E-state index contributed by atoms with van der Waals surface area (Å²) in [6.07, 6.45) is 8.76. The number of likely N-dealkylation sites (tertiary alicyclic amines) is 1. The molecular formula is C17H35N. The number of nitrogens with zero attached hydrogens (tertiary/aromatic N) is 1. The zero-order valence-electron chi connectivity index (χ0n) is 13.5. The first-order chi connectivity index (χ1) is 8.56. The zero-order chi connectivity index (χ0) is 13.6. The summed E-state index contributed by atoms with van der Waals surface area (Å²) in [6, 6.07) is 0. The first-order valence-electron chi connectivity index (χ1n) is 8.29. The predicted molar refractivity (Wildman–Crippen MR) is 81.9 cm³/mol. The van der Waals surface area contributed by atoms with Gasteiger partial charge in [-0.3, -0.25) is 0 Å². The second-order valence-electron chi connectivity index (χ2n) is 6.89. The van der Waals surface area contributed by atoms with Crippen molar-refractivity contribution < 1.29 is 0 Å². The lowest BCUT2D eigenvalue weighted by atomic mass is 9.75. The van der Waals surface area contributed by atoms with Gasteiger partial charge in [0.2, 0.25) is 0 Å². The summed E-state index contributed by atoms with van der Waals surface area (Å²) in [4.78, 5) is 2.62. The third-order valence-electron chi connectivity index (χ3n) is 5.05. The van der Waals surface area contributed by atoms with Crippen LogP contribution in [0.2, 0.25) is 0 Å². The van der Waals surface area contributed by atoms with Crippen molar-refractivity contribution in [3.63, 3.8) is 0 Å². The molecule has 0 radical (unpaired) electrons. The Morgan fingerprint density at radius 2 is 1.61 bits per heavy atom. The number of hydrogen-bond acceptors (Lipinski definition) is 1. The molecule has 0 bridgehead atoms. The van der Waals surface area contributed by atoms with Crippen LogP contribution in [0.3, 0.4) is 0 Å². The van der Waals surface area contributed by atoms with Gasteiger partial charge in [-0.2, -0.15) is 0 Å². The highest BCUT2D eigenvalue weighted by molar-refractivity contribution is 4.93. The lowest BCUT2D eigenvalue weighted by Crippen LogP contribution is -2.38. The second-order valence-corrected chi connectivity index (χ2v) is 6.89. The van der Waals surface area contributed by atoms with E-state index < -0.39 is 0 Å². The molecule has 2 rings (SSSR count). The molecule has 1 spiro atoms. The van der Waals surface area contributed by atoms with Gasteiger partial charge in [0.25, 0.3) is 0 Å². The van der Waals surface area contributed by atoms with Crippen molar-refractivity contribution in [3.05, 3.63) is 0 Å². The molecule has 1 heterocycles. The first-order valence-corrected chi connectivity index (χ1v) is 8.29. The first kappa shape index (κ1) is 16.0. The van der Waals surface area contributed by atoms with Gasteiger partial charge in [0.1, 0.15) is 0 Å². The summed E-state index contributed by atoms with van der Waals surface area (Å²) < 4.78 is 0. The monoisotopic (exact) mass is 253 g/mol. The van der Waals surface area contributed by atoms with Gasteiger partial charge in [-0.25, -0.2) is 0 Å². The van der Waals surface area contributed by atoms with Crippen molar-refractivity contribution in [2.45, 2.75) is 73.1 Å². The Morgan fingerprint density at radius 3 is 2.00 bits per heavy atom. The summed E-state index contributed by atoms with van der Waals surface area (Å²) in [5.41, 5.74) is 0.764. The van der Waals surface area contributed by atoms with Gasteiger partial charge in [0, 0.05) is 0 Å². The largest absolute Gasteiger partial charge is 0.304 e. The molecule has 1 aliphatic carbocycles. The van der Waals surface area contributed by atoms with Crippen LogP contribution in [0.25, 0.3) is 0 Å². The molecule has 0 aromatic carbocycles. The summed E-state index contributed by atoms with van der Waals surface area (Å²) >= 11 is 0. The number of hydrogen-bond donors (Lipinski definition) is 0. The minimum absolute atomic E-state index is 0.764. The molecular weight excluding hydrogens is 218 g/mol. The van der Waals surface area contributed by atoms with Crippen LogP contribution in [0.1, 0.15) is 73.1 Å². The average Bonchev–Trinajstić information content (AvgIpc) is 2.76. The topological polar surface area (TPSA) is 3.24 Å². The quantitative estimate of drug-likeness (QED) is 0.672. The summed E-state index contributed by atoms with van der Waals surface area (Å²) in [5, 5.41) is 0. The maximum absolute atomic E-state index is 2.62. The highest BCUT2D eigenvalue weighted by Gasteiger charge is 2.41. The highest BCUT2D eigenvalue weighted by Crippen LogP contribution is 2.50. The van der Waals surface area contributed by atoms with Gasteiger partial charge in [-0.1, -0.05) is 41.0 Å². The number of rotatable bonds is 2. The van der Waals surface area contributed by atoms with Crippen LogP contribution in [0, 0.1) is 17.3 Å². The van der Waals surface area contributed by atoms with Crippen molar-refractivity contribution in [3.8, 4) is 0 Å². The van der Waals surface area contributed by atoms with Crippen LogP contribution in [-0.2, 0) is 0 Å². The lowest BCUT2D eigenvalue weighted by molar-refractivity contribution is 0.106. The molecule has 1 atom stereocenters. The Kier molecular flexibility index (Phi) is 6.70. The van der Waals surface area contributed by atoms with E-state index in [0.717, 1.165) is 17.3 Å². The minimum Gasteiger partial charge on any atom is -0.304 e. The molecule has 1 aliphatic heterocycles. The Balaban J connectivity index is 0.000000492. The Hall–Kier alpha value is -0.0400. The highest BCUT2D eigenvalue weighted by atomic mass is 15.1. The van der Waals surface area contributed by atoms with E-state index >= 15 is 0 Å². The fraction of sp³-hybridized carbons (Fsp3) is 1.00. The van der Waals surface area contributed by atoms with E-state index in [1.165, 1.54) is 58.2 Å². The number of piperidine rings is 1.